The summed E-state index contributed by atoms with van der Waals surface area (Å²) >= 11 is 0. The highest BCUT2D eigenvalue weighted by molar-refractivity contribution is 5.49. The zero-order chi connectivity index (χ0) is 13.2. The van der Waals surface area contributed by atoms with Gasteiger partial charge < -0.3 is 4.90 Å². The molecule has 0 amide bonds. The van der Waals surface area contributed by atoms with Crippen LogP contribution in [0.3, 0.4) is 0 Å². The molecule has 19 heavy (non-hydrogen) atoms. The third-order valence-corrected chi connectivity index (χ3v) is 3.90. The van der Waals surface area contributed by atoms with Gasteiger partial charge in [-0.15, -0.1) is 0 Å². The van der Waals surface area contributed by atoms with Gasteiger partial charge in [0.25, 0.3) is 0 Å². The predicted molar refractivity (Wildman–Crippen MR) is 75.3 cm³/mol. The molecular formula is C15H18N4. The van der Waals surface area contributed by atoms with Gasteiger partial charge >= 0.3 is 0 Å². The van der Waals surface area contributed by atoms with Crippen LogP contribution in [-0.2, 0) is 0 Å². The van der Waals surface area contributed by atoms with E-state index in [2.05, 4.69) is 38.9 Å². The Morgan fingerprint density at radius 3 is 2.84 bits per heavy atom. The number of anilines is 1. The molecule has 0 N–H and O–H groups in total. The van der Waals surface area contributed by atoms with Gasteiger partial charge in [-0.2, -0.15) is 0 Å². The van der Waals surface area contributed by atoms with Crippen molar-refractivity contribution < 1.29 is 0 Å². The first-order valence-corrected chi connectivity index (χ1v) is 6.70. The van der Waals surface area contributed by atoms with Crippen molar-refractivity contribution in [2.24, 2.45) is 0 Å². The summed E-state index contributed by atoms with van der Waals surface area (Å²) in [6.45, 7) is 6.17. The van der Waals surface area contributed by atoms with Crippen LogP contribution in [-0.4, -0.2) is 28.0 Å². The Bertz CT molecular complexity index is 568. The Hall–Kier alpha value is -1.97. The molecular weight excluding hydrogens is 236 g/mol. The minimum atomic E-state index is 0.510. The quantitative estimate of drug-likeness (QED) is 0.825. The third-order valence-electron chi connectivity index (χ3n) is 3.90. The number of rotatable bonds is 2. The lowest BCUT2D eigenvalue weighted by Crippen LogP contribution is -2.22. The van der Waals surface area contributed by atoms with Crippen molar-refractivity contribution >= 4 is 5.82 Å². The SMILES string of the molecule is Cc1ncnc(N2CCC(c3ccccn3)C2)c1C. The van der Waals surface area contributed by atoms with Crippen molar-refractivity contribution in [3.05, 3.63) is 47.7 Å². The molecule has 1 saturated heterocycles. The second-order valence-corrected chi connectivity index (χ2v) is 5.09. The van der Waals surface area contributed by atoms with Crippen LogP contribution in [0.4, 0.5) is 5.82 Å². The maximum atomic E-state index is 4.47. The molecule has 1 unspecified atom stereocenters. The second kappa shape index (κ2) is 4.96. The summed E-state index contributed by atoms with van der Waals surface area (Å²) in [6, 6.07) is 6.14. The summed E-state index contributed by atoms with van der Waals surface area (Å²) < 4.78 is 0. The van der Waals surface area contributed by atoms with Crippen LogP contribution >= 0.6 is 0 Å². The molecule has 2 aromatic heterocycles. The first kappa shape index (κ1) is 12.1. The van der Waals surface area contributed by atoms with Gasteiger partial charge in [0.1, 0.15) is 12.1 Å². The van der Waals surface area contributed by atoms with Crippen molar-refractivity contribution in [3.8, 4) is 0 Å². The molecule has 4 nitrogen and oxygen atoms in total. The summed E-state index contributed by atoms with van der Waals surface area (Å²) in [5.74, 6) is 1.59. The van der Waals surface area contributed by atoms with Crippen molar-refractivity contribution in [1.29, 1.82) is 0 Å². The minimum Gasteiger partial charge on any atom is -0.356 e. The normalized spacial score (nSPS) is 18.8. The lowest BCUT2D eigenvalue weighted by atomic mass is 10.0. The molecule has 0 saturated carbocycles. The Labute approximate surface area is 113 Å². The molecule has 1 aliphatic heterocycles. The fourth-order valence-corrected chi connectivity index (χ4v) is 2.66. The van der Waals surface area contributed by atoms with Crippen molar-refractivity contribution in [2.75, 3.05) is 18.0 Å². The van der Waals surface area contributed by atoms with E-state index in [-0.39, 0.29) is 0 Å². The molecule has 0 bridgehead atoms. The van der Waals surface area contributed by atoms with E-state index >= 15 is 0 Å². The van der Waals surface area contributed by atoms with Gasteiger partial charge in [-0.25, -0.2) is 9.97 Å². The lowest BCUT2D eigenvalue weighted by Gasteiger charge is -2.20. The fraction of sp³-hybridized carbons (Fsp3) is 0.400. The van der Waals surface area contributed by atoms with Gasteiger partial charge in [0.05, 0.1) is 0 Å². The van der Waals surface area contributed by atoms with Gasteiger partial charge in [-0.3, -0.25) is 4.98 Å². The van der Waals surface area contributed by atoms with Gasteiger partial charge in [0, 0.05) is 42.2 Å². The second-order valence-electron chi connectivity index (χ2n) is 5.09. The van der Waals surface area contributed by atoms with E-state index in [1.165, 1.54) is 11.3 Å². The fourth-order valence-electron chi connectivity index (χ4n) is 2.66. The number of nitrogens with zero attached hydrogens (tertiary/aromatic N) is 4. The highest BCUT2D eigenvalue weighted by Crippen LogP contribution is 2.30. The predicted octanol–water partition coefficient (Wildman–Crippen LogP) is 2.48. The molecule has 2 aromatic rings. The maximum Gasteiger partial charge on any atom is 0.135 e. The van der Waals surface area contributed by atoms with E-state index in [0.717, 1.165) is 31.0 Å². The number of aromatic nitrogens is 3. The topological polar surface area (TPSA) is 41.9 Å². The molecule has 0 aliphatic carbocycles. The zero-order valence-corrected chi connectivity index (χ0v) is 11.4. The summed E-state index contributed by atoms with van der Waals surface area (Å²) in [5, 5.41) is 0. The maximum absolute atomic E-state index is 4.47. The largest absolute Gasteiger partial charge is 0.356 e. The number of hydrogen-bond donors (Lipinski definition) is 0. The molecule has 0 spiro atoms. The molecule has 3 rings (SSSR count). The van der Waals surface area contributed by atoms with E-state index < -0.39 is 0 Å². The Morgan fingerprint density at radius 1 is 1.16 bits per heavy atom. The van der Waals surface area contributed by atoms with E-state index in [1.807, 2.05) is 19.2 Å². The molecule has 1 aliphatic rings. The van der Waals surface area contributed by atoms with Crippen LogP contribution in [0, 0.1) is 13.8 Å². The van der Waals surface area contributed by atoms with Crippen LogP contribution in [0.15, 0.2) is 30.7 Å². The van der Waals surface area contributed by atoms with E-state index in [1.54, 1.807) is 6.33 Å². The molecule has 1 atom stereocenters. The number of hydrogen-bond acceptors (Lipinski definition) is 4. The van der Waals surface area contributed by atoms with Crippen molar-refractivity contribution in [2.45, 2.75) is 26.2 Å². The standard InChI is InChI=1S/C15H18N4/c1-11-12(2)17-10-18-15(11)19-8-6-13(9-19)14-5-3-4-7-16-14/h3-5,7,10,13H,6,8-9H2,1-2H3. The summed E-state index contributed by atoms with van der Waals surface area (Å²) in [6.07, 6.45) is 4.67. The van der Waals surface area contributed by atoms with Crippen LogP contribution in [0.1, 0.15) is 29.3 Å². The highest BCUT2D eigenvalue weighted by Gasteiger charge is 2.26. The molecule has 1 fully saturated rings. The highest BCUT2D eigenvalue weighted by atomic mass is 15.2. The molecule has 98 valence electrons. The molecule has 3 heterocycles. The third kappa shape index (κ3) is 2.30. The van der Waals surface area contributed by atoms with Gasteiger partial charge in [0.2, 0.25) is 0 Å². The Balaban J connectivity index is 1.81. The van der Waals surface area contributed by atoms with E-state index in [4.69, 9.17) is 0 Å². The van der Waals surface area contributed by atoms with Crippen molar-refractivity contribution in [3.63, 3.8) is 0 Å². The summed E-state index contributed by atoms with van der Waals surface area (Å²) in [5.41, 5.74) is 3.43. The van der Waals surface area contributed by atoms with Crippen LogP contribution in [0.25, 0.3) is 0 Å². The number of aryl methyl sites for hydroxylation is 1. The average molecular weight is 254 g/mol. The monoisotopic (exact) mass is 254 g/mol. The lowest BCUT2D eigenvalue weighted by molar-refractivity contribution is 0.743. The molecule has 4 heteroatoms. The van der Waals surface area contributed by atoms with Gasteiger partial charge in [-0.1, -0.05) is 6.07 Å². The van der Waals surface area contributed by atoms with E-state index in [0.29, 0.717) is 5.92 Å². The van der Waals surface area contributed by atoms with Crippen LogP contribution < -0.4 is 4.90 Å². The summed E-state index contributed by atoms with van der Waals surface area (Å²) in [4.78, 5) is 15.5. The minimum absolute atomic E-state index is 0.510. The Kier molecular flexibility index (Phi) is 3.15. The molecule has 0 radical (unpaired) electrons. The van der Waals surface area contributed by atoms with E-state index in [9.17, 15) is 0 Å². The van der Waals surface area contributed by atoms with Crippen molar-refractivity contribution in [1.82, 2.24) is 15.0 Å². The van der Waals surface area contributed by atoms with Gasteiger partial charge in [-0.05, 0) is 32.4 Å². The first-order chi connectivity index (χ1) is 9.25. The van der Waals surface area contributed by atoms with Crippen LogP contribution in [0.2, 0.25) is 0 Å². The Morgan fingerprint density at radius 2 is 2.05 bits per heavy atom. The zero-order valence-electron chi connectivity index (χ0n) is 11.4. The summed E-state index contributed by atoms with van der Waals surface area (Å²) in [7, 11) is 0. The number of pyridine rings is 1. The van der Waals surface area contributed by atoms with Crippen LogP contribution in [0.5, 0.6) is 0 Å². The molecule has 0 aromatic carbocycles. The van der Waals surface area contributed by atoms with Gasteiger partial charge in [0.15, 0.2) is 0 Å². The average Bonchev–Trinajstić information content (AvgIpc) is 2.92. The first-order valence-electron chi connectivity index (χ1n) is 6.70. The smallest absolute Gasteiger partial charge is 0.135 e.